The van der Waals surface area contributed by atoms with E-state index in [1.807, 2.05) is 30.5 Å². The molecule has 0 aliphatic rings. The number of carbonyl (C=O) groups excluding carboxylic acids is 1. The van der Waals surface area contributed by atoms with Gasteiger partial charge in [0.25, 0.3) is 5.91 Å². The summed E-state index contributed by atoms with van der Waals surface area (Å²) in [6.45, 7) is 0. The van der Waals surface area contributed by atoms with Crippen LogP contribution in [0.25, 0.3) is 0 Å². The predicted molar refractivity (Wildman–Crippen MR) is 89.7 cm³/mol. The Hall–Kier alpha value is -1.49. The molecule has 0 heterocycles. The standard InChI is InChI=1S/C15H12Cl2N2OS/c1-21-12-5-2-10(3-6-12)9-18-19-15(20)13-7-4-11(16)8-14(13)17/h2-9H,1H3,(H,19,20). The summed E-state index contributed by atoms with van der Waals surface area (Å²) >= 11 is 13.4. The Kier molecular flexibility index (Phi) is 5.67. The van der Waals surface area contributed by atoms with Gasteiger partial charge in [0.05, 0.1) is 16.8 Å². The third-order valence-electron chi connectivity index (χ3n) is 2.67. The first-order valence-electron chi connectivity index (χ1n) is 6.02. The van der Waals surface area contributed by atoms with E-state index in [0.717, 1.165) is 5.56 Å². The number of thioether (sulfide) groups is 1. The van der Waals surface area contributed by atoms with Crippen molar-refractivity contribution in [2.24, 2.45) is 5.10 Å². The average molecular weight is 339 g/mol. The normalized spacial score (nSPS) is 10.8. The van der Waals surface area contributed by atoms with Crippen molar-refractivity contribution in [3.63, 3.8) is 0 Å². The van der Waals surface area contributed by atoms with Crippen LogP contribution >= 0.6 is 35.0 Å². The fraction of sp³-hybridized carbons (Fsp3) is 0.0667. The number of halogens is 2. The molecule has 1 N–H and O–H groups in total. The van der Waals surface area contributed by atoms with Gasteiger partial charge in [0.1, 0.15) is 0 Å². The second-order valence-electron chi connectivity index (χ2n) is 4.10. The van der Waals surface area contributed by atoms with E-state index in [2.05, 4.69) is 10.5 Å². The van der Waals surface area contributed by atoms with Gasteiger partial charge in [0.2, 0.25) is 0 Å². The van der Waals surface area contributed by atoms with E-state index < -0.39 is 0 Å². The monoisotopic (exact) mass is 338 g/mol. The van der Waals surface area contributed by atoms with E-state index >= 15 is 0 Å². The molecule has 0 aliphatic heterocycles. The van der Waals surface area contributed by atoms with Crippen molar-refractivity contribution in [2.45, 2.75) is 4.90 Å². The smallest absolute Gasteiger partial charge is 0.267 e. The first-order valence-corrected chi connectivity index (χ1v) is 8.01. The van der Waals surface area contributed by atoms with Crippen LogP contribution in [-0.4, -0.2) is 18.4 Å². The van der Waals surface area contributed by atoms with Crippen LogP contribution in [0.1, 0.15) is 15.9 Å². The molecule has 21 heavy (non-hydrogen) atoms. The van der Waals surface area contributed by atoms with E-state index in [9.17, 15) is 4.79 Å². The molecule has 2 rings (SSSR count). The van der Waals surface area contributed by atoms with Gasteiger partial charge in [-0.2, -0.15) is 5.10 Å². The lowest BCUT2D eigenvalue weighted by molar-refractivity contribution is 0.0955. The molecule has 6 heteroatoms. The van der Waals surface area contributed by atoms with Crippen LogP contribution in [0.2, 0.25) is 10.0 Å². The molecular formula is C15H12Cl2N2OS. The Morgan fingerprint density at radius 1 is 1.19 bits per heavy atom. The fourth-order valence-electron chi connectivity index (χ4n) is 1.59. The molecule has 2 aromatic carbocycles. The van der Waals surface area contributed by atoms with Gasteiger partial charge in [-0.25, -0.2) is 5.43 Å². The van der Waals surface area contributed by atoms with Crippen molar-refractivity contribution in [1.82, 2.24) is 5.43 Å². The molecule has 2 aromatic rings. The highest BCUT2D eigenvalue weighted by Gasteiger charge is 2.09. The minimum atomic E-state index is -0.381. The lowest BCUT2D eigenvalue weighted by atomic mass is 10.2. The van der Waals surface area contributed by atoms with E-state index in [-0.39, 0.29) is 5.91 Å². The molecular weight excluding hydrogens is 327 g/mol. The lowest BCUT2D eigenvalue weighted by Crippen LogP contribution is -2.18. The van der Waals surface area contributed by atoms with E-state index in [4.69, 9.17) is 23.2 Å². The van der Waals surface area contributed by atoms with E-state index in [1.54, 1.807) is 30.1 Å². The minimum absolute atomic E-state index is 0.291. The van der Waals surface area contributed by atoms with Gasteiger partial charge in [-0.05, 0) is 42.2 Å². The maximum absolute atomic E-state index is 11.9. The summed E-state index contributed by atoms with van der Waals surface area (Å²) in [6.07, 6.45) is 3.59. The maximum atomic E-state index is 11.9. The van der Waals surface area contributed by atoms with Crippen LogP contribution in [0, 0.1) is 0 Å². The average Bonchev–Trinajstić information content (AvgIpc) is 2.47. The van der Waals surface area contributed by atoms with Crippen LogP contribution in [-0.2, 0) is 0 Å². The Bertz CT molecular complexity index is 672. The molecule has 0 saturated carbocycles. The third kappa shape index (κ3) is 4.49. The van der Waals surface area contributed by atoms with Gasteiger partial charge >= 0.3 is 0 Å². The van der Waals surface area contributed by atoms with Gasteiger partial charge in [-0.15, -0.1) is 11.8 Å². The summed E-state index contributed by atoms with van der Waals surface area (Å²) in [7, 11) is 0. The molecule has 0 unspecified atom stereocenters. The Morgan fingerprint density at radius 3 is 2.52 bits per heavy atom. The fourth-order valence-corrected chi connectivity index (χ4v) is 2.49. The van der Waals surface area contributed by atoms with Crippen LogP contribution in [0.15, 0.2) is 52.5 Å². The van der Waals surface area contributed by atoms with Crippen molar-refractivity contribution in [3.8, 4) is 0 Å². The number of nitrogens with one attached hydrogen (secondary N) is 1. The van der Waals surface area contributed by atoms with Gasteiger partial charge in [0.15, 0.2) is 0 Å². The largest absolute Gasteiger partial charge is 0.272 e. The highest BCUT2D eigenvalue weighted by atomic mass is 35.5. The number of amides is 1. The molecule has 0 saturated heterocycles. The molecule has 0 aromatic heterocycles. The number of nitrogens with zero attached hydrogens (tertiary/aromatic N) is 1. The number of hydrazone groups is 1. The van der Waals surface area contributed by atoms with Crippen LogP contribution in [0.4, 0.5) is 0 Å². The van der Waals surface area contributed by atoms with Crippen LogP contribution in [0.5, 0.6) is 0 Å². The number of rotatable bonds is 4. The van der Waals surface area contributed by atoms with E-state index in [1.165, 1.54) is 11.0 Å². The van der Waals surface area contributed by atoms with E-state index in [0.29, 0.717) is 15.6 Å². The molecule has 0 atom stereocenters. The Morgan fingerprint density at radius 2 is 1.90 bits per heavy atom. The minimum Gasteiger partial charge on any atom is -0.267 e. The number of hydrogen-bond donors (Lipinski definition) is 1. The van der Waals surface area contributed by atoms with Crippen LogP contribution in [0.3, 0.4) is 0 Å². The van der Waals surface area contributed by atoms with Crippen LogP contribution < -0.4 is 5.43 Å². The zero-order valence-corrected chi connectivity index (χ0v) is 13.5. The first kappa shape index (κ1) is 15.9. The molecule has 0 radical (unpaired) electrons. The number of carbonyl (C=O) groups is 1. The SMILES string of the molecule is CSc1ccc(C=NNC(=O)c2ccc(Cl)cc2Cl)cc1. The second kappa shape index (κ2) is 7.50. The van der Waals surface area contributed by atoms with Gasteiger partial charge in [-0.3, -0.25) is 4.79 Å². The number of benzene rings is 2. The van der Waals surface area contributed by atoms with Gasteiger partial charge < -0.3 is 0 Å². The molecule has 3 nitrogen and oxygen atoms in total. The lowest BCUT2D eigenvalue weighted by Gasteiger charge is -2.03. The molecule has 0 spiro atoms. The van der Waals surface area contributed by atoms with Gasteiger partial charge in [0, 0.05) is 9.92 Å². The predicted octanol–water partition coefficient (Wildman–Crippen LogP) is 4.48. The Balaban J connectivity index is 2.01. The molecule has 108 valence electrons. The summed E-state index contributed by atoms with van der Waals surface area (Å²) in [5.74, 6) is -0.381. The summed E-state index contributed by atoms with van der Waals surface area (Å²) in [5, 5.41) is 4.69. The number of hydrogen-bond acceptors (Lipinski definition) is 3. The zero-order valence-electron chi connectivity index (χ0n) is 11.1. The second-order valence-corrected chi connectivity index (χ2v) is 5.82. The molecule has 1 amide bonds. The van der Waals surface area contributed by atoms with Crippen molar-refractivity contribution in [1.29, 1.82) is 0 Å². The highest BCUT2D eigenvalue weighted by Crippen LogP contribution is 2.20. The van der Waals surface area contributed by atoms with Crippen molar-refractivity contribution in [2.75, 3.05) is 6.26 Å². The van der Waals surface area contributed by atoms with Crippen molar-refractivity contribution >= 4 is 47.1 Å². The summed E-state index contributed by atoms with van der Waals surface area (Å²) in [5.41, 5.74) is 3.66. The molecule has 0 fully saturated rings. The topological polar surface area (TPSA) is 41.5 Å². The Labute approximate surface area is 137 Å². The van der Waals surface area contributed by atoms with Crippen molar-refractivity contribution < 1.29 is 4.79 Å². The maximum Gasteiger partial charge on any atom is 0.272 e. The summed E-state index contributed by atoms with van der Waals surface area (Å²) in [6, 6.07) is 12.5. The quantitative estimate of drug-likeness (QED) is 0.507. The first-order chi connectivity index (χ1) is 10.1. The zero-order chi connectivity index (χ0) is 15.2. The molecule has 0 bridgehead atoms. The third-order valence-corrected chi connectivity index (χ3v) is 3.96. The van der Waals surface area contributed by atoms with Gasteiger partial charge in [-0.1, -0.05) is 35.3 Å². The highest BCUT2D eigenvalue weighted by molar-refractivity contribution is 7.98. The molecule has 0 aliphatic carbocycles. The summed E-state index contributed by atoms with van der Waals surface area (Å²) < 4.78 is 0. The van der Waals surface area contributed by atoms with Crippen molar-refractivity contribution in [3.05, 3.63) is 63.6 Å². The summed E-state index contributed by atoms with van der Waals surface area (Å²) in [4.78, 5) is 13.1.